The Balaban J connectivity index is 1.35. The van der Waals surface area contributed by atoms with Crippen LogP contribution in [0.1, 0.15) is 16.8 Å². The molecule has 0 aliphatic carbocycles. The molecule has 0 aliphatic rings. The fraction of sp³-hybridized carbons (Fsp3) is 0.179. The Morgan fingerprint density at radius 1 is 0.951 bits per heavy atom. The average Bonchev–Trinajstić information content (AvgIpc) is 3.29. The third-order valence-electron chi connectivity index (χ3n) is 6.70. The van der Waals surface area contributed by atoms with E-state index < -0.39 is 40.9 Å². The van der Waals surface area contributed by atoms with Crippen LogP contribution in [-0.2, 0) is 16.8 Å². The van der Waals surface area contributed by atoms with Gasteiger partial charge in [0.05, 0.1) is 28.8 Å². The average molecular weight is 576 g/mol. The van der Waals surface area contributed by atoms with Crippen LogP contribution in [0.5, 0.6) is 0 Å². The summed E-state index contributed by atoms with van der Waals surface area (Å²) in [5.41, 5.74) is -3.30. The second-order valence-electron chi connectivity index (χ2n) is 9.43. The molecular formula is C28H19F7N4O2. The number of alkyl halides is 6. The molecule has 5 rings (SSSR count). The van der Waals surface area contributed by atoms with Crippen LogP contribution in [0.2, 0.25) is 0 Å². The van der Waals surface area contributed by atoms with Gasteiger partial charge in [-0.25, -0.2) is 4.39 Å². The summed E-state index contributed by atoms with van der Waals surface area (Å²) >= 11 is 0. The summed E-state index contributed by atoms with van der Waals surface area (Å²) in [6.45, 7) is 1.97. The molecule has 0 spiro atoms. The molecule has 0 atom stereocenters. The maximum atomic E-state index is 14.5. The molecule has 6 nitrogen and oxygen atoms in total. The molecule has 13 heteroatoms. The van der Waals surface area contributed by atoms with Crippen LogP contribution in [0.15, 0.2) is 66.9 Å². The van der Waals surface area contributed by atoms with E-state index in [-0.39, 0.29) is 18.6 Å². The van der Waals surface area contributed by atoms with E-state index in [0.717, 1.165) is 27.6 Å². The molecule has 212 valence electrons. The van der Waals surface area contributed by atoms with Crippen molar-refractivity contribution in [2.75, 3.05) is 5.32 Å². The number of rotatable bonds is 5. The van der Waals surface area contributed by atoms with E-state index in [4.69, 9.17) is 0 Å². The first-order valence-corrected chi connectivity index (χ1v) is 12.0. The van der Waals surface area contributed by atoms with Crippen molar-refractivity contribution in [3.05, 3.63) is 89.5 Å². The minimum absolute atomic E-state index is 0.118. The molecule has 3 N–H and O–H groups in total. The fourth-order valence-corrected chi connectivity index (χ4v) is 4.54. The predicted molar refractivity (Wildman–Crippen MR) is 136 cm³/mol. The van der Waals surface area contributed by atoms with Crippen molar-refractivity contribution in [1.82, 2.24) is 15.2 Å². The molecule has 0 fully saturated rings. The number of carbonyl (C=O) groups is 1. The lowest BCUT2D eigenvalue weighted by Gasteiger charge is -2.32. The number of carbonyl (C=O) groups excluding carboxylic acids is 1. The highest BCUT2D eigenvalue weighted by Gasteiger charge is 2.71. The number of pyridine rings is 1. The van der Waals surface area contributed by atoms with Crippen LogP contribution in [0, 0.1) is 12.7 Å². The summed E-state index contributed by atoms with van der Waals surface area (Å²) in [5, 5.41) is 20.0. The summed E-state index contributed by atoms with van der Waals surface area (Å²) < 4.78 is 93.0. The Hall–Kier alpha value is -4.52. The first-order valence-electron chi connectivity index (χ1n) is 12.0. The summed E-state index contributed by atoms with van der Waals surface area (Å²) in [7, 11) is 0. The number of anilines is 1. The van der Waals surface area contributed by atoms with Crippen LogP contribution >= 0.6 is 0 Å². The van der Waals surface area contributed by atoms with E-state index in [1.54, 1.807) is 24.4 Å². The van der Waals surface area contributed by atoms with Gasteiger partial charge in [0.15, 0.2) is 0 Å². The molecule has 2 heterocycles. The summed E-state index contributed by atoms with van der Waals surface area (Å²) in [6, 6.07) is 13.8. The molecular weight excluding hydrogens is 557 g/mol. The first kappa shape index (κ1) is 28.0. The number of nitrogens with one attached hydrogen (secondary N) is 2. The number of aliphatic hydroxyl groups is 1. The molecule has 1 amide bonds. The van der Waals surface area contributed by atoms with Crippen LogP contribution < -0.4 is 5.32 Å². The third-order valence-corrected chi connectivity index (χ3v) is 6.70. The molecule has 0 aliphatic heterocycles. The summed E-state index contributed by atoms with van der Waals surface area (Å²) in [4.78, 5) is 17.1. The number of benzene rings is 3. The zero-order valence-corrected chi connectivity index (χ0v) is 21.0. The molecule has 0 unspecified atom stereocenters. The maximum Gasteiger partial charge on any atom is 0.430 e. The zero-order chi connectivity index (χ0) is 29.7. The topological polar surface area (TPSA) is 90.9 Å². The van der Waals surface area contributed by atoms with Gasteiger partial charge in [0.2, 0.25) is 5.91 Å². The summed E-state index contributed by atoms with van der Waals surface area (Å²) in [6.07, 6.45) is -11.0. The highest BCUT2D eigenvalue weighted by atomic mass is 19.4. The van der Waals surface area contributed by atoms with Gasteiger partial charge in [0.25, 0.3) is 5.60 Å². The second kappa shape index (κ2) is 9.84. The first-order chi connectivity index (χ1) is 19.2. The number of para-hydroxylation sites is 1. The van der Waals surface area contributed by atoms with Crippen molar-refractivity contribution in [3.63, 3.8) is 0 Å². The maximum absolute atomic E-state index is 14.5. The summed E-state index contributed by atoms with van der Waals surface area (Å²) in [5.74, 6) is -2.41. The van der Waals surface area contributed by atoms with Crippen molar-refractivity contribution < 1.29 is 40.6 Å². The van der Waals surface area contributed by atoms with Crippen LogP contribution in [0.25, 0.3) is 32.9 Å². The van der Waals surface area contributed by atoms with Crippen molar-refractivity contribution in [3.8, 4) is 11.1 Å². The van der Waals surface area contributed by atoms with Crippen LogP contribution in [0.3, 0.4) is 0 Å². The largest absolute Gasteiger partial charge is 0.430 e. The number of fused-ring (bicyclic) bond motifs is 2. The third kappa shape index (κ3) is 4.97. The van der Waals surface area contributed by atoms with E-state index in [1.807, 2.05) is 31.2 Å². The highest BCUT2D eigenvalue weighted by Crippen LogP contribution is 2.50. The van der Waals surface area contributed by atoms with Gasteiger partial charge < -0.3 is 10.4 Å². The van der Waals surface area contributed by atoms with Gasteiger partial charge in [0, 0.05) is 28.1 Å². The van der Waals surface area contributed by atoms with Gasteiger partial charge in [-0.1, -0.05) is 36.4 Å². The Kier molecular flexibility index (Phi) is 6.72. The normalized spacial score (nSPS) is 12.7. The molecule has 0 bridgehead atoms. The number of nitrogens with zero attached hydrogens (tertiary/aromatic N) is 2. The molecule has 0 radical (unpaired) electrons. The van der Waals surface area contributed by atoms with Gasteiger partial charge >= 0.3 is 12.4 Å². The monoisotopic (exact) mass is 576 g/mol. The van der Waals surface area contributed by atoms with Crippen LogP contribution in [-0.4, -0.2) is 38.5 Å². The standard InChI is InChI=1S/C28H19F7N4O2/c1-14-3-2-4-16-9-17(13-36-25(14)16)15-5-7-19-22(10-15)38-39-23(19)12-24(40)37-21-8-6-18(11-20(21)29)26(41,27(30,31)32)28(33,34)35/h2-11,13,41H,12H2,1H3,(H,37,40)(H,38,39). The number of H-pyrrole nitrogens is 1. The number of amides is 1. The quantitative estimate of drug-likeness (QED) is 0.203. The molecule has 0 saturated carbocycles. The number of hydrogen-bond acceptors (Lipinski definition) is 4. The van der Waals surface area contributed by atoms with Gasteiger partial charge in [0.1, 0.15) is 5.82 Å². The van der Waals surface area contributed by atoms with E-state index in [0.29, 0.717) is 22.7 Å². The zero-order valence-electron chi connectivity index (χ0n) is 21.0. The second-order valence-corrected chi connectivity index (χ2v) is 9.43. The number of aromatic amines is 1. The van der Waals surface area contributed by atoms with E-state index >= 15 is 0 Å². The minimum atomic E-state index is -6.17. The molecule has 3 aromatic carbocycles. The van der Waals surface area contributed by atoms with Gasteiger partial charge in [-0.05, 0) is 42.3 Å². The number of halogens is 7. The Morgan fingerprint density at radius 3 is 2.37 bits per heavy atom. The molecule has 41 heavy (non-hydrogen) atoms. The predicted octanol–water partition coefficient (Wildman–Crippen LogP) is 6.72. The fourth-order valence-electron chi connectivity index (χ4n) is 4.54. The Labute approximate surface area is 226 Å². The Bertz CT molecular complexity index is 1780. The van der Waals surface area contributed by atoms with E-state index in [1.165, 1.54) is 0 Å². The molecule has 0 saturated heterocycles. The van der Waals surface area contributed by atoms with Gasteiger partial charge in [-0.3, -0.25) is 14.9 Å². The van der Waals surface area contributed by atoms with Crippen molar-refractivity contribution in [1.29, 1.82) is 0 Å². The van der Waals surface area contributed by atoms with Crippen molar-refractivity contribution in [2.45, 2.75) is 31.3 Å². The van der Waals surface area contributed by atoms with Crippen molar-refractivity contribution >= 4 is 33.4 Å². The smallest absolute Gasteiger partial charge is 0.369 e. The number of aromatic nitrogens is 3. The molecule has 5 aromatic rings. The van der Waals surface area contributed by atoms with Crippen molar-refractivity contribution in [2.24, 2.45) is 0 Å². The van der Waals surface area contributed by atoms with Crippen LogP contribution in [0.4, 0.5) is 36.4 Å². The van der Waals surface area contributed by atoms with E-state index in [9.17, 15) is 40.6 Å². The highest BCUT2D eigenvalue weighted by molar-refractivity contribution is 5.96. The number of hydrogen-bond donors (Lipinski definition) is 3. The Morgan fingerprint density at radius 2 is 1.68 bits per heavy atom. The van der Waals surface area contributed by atoms with Gasteiger partial charge in [-0.15, -0.1) is 0 Å². The van der Waals surface area contributed by atoms with Gasteiger partial charge in [-0.2, -0.15) is 31.4 Å². The molecule has 2 aromatic heterocycles. The SMILES string of the molecule is Cc1cccc2cc(-c3ccc4c(CC(=O)Nc5ccc(C(O)(C(F)(F)F)C(F)(F)F)cc5F)[nH]nc4c3)cnc12. The number of aryl methyl sites for hydroxylation is 1. The van der Waals surface area contributed by atoms with E-state index in [2.05, 4.69) is 20.5 Å². The minimum Gasteiger partial charge on any atom is -0.369 e. The lowest BCUT2D eigenvalue weighted by atomic mass is 9.92. The lowest BCUT2D eigenvalue weighted by molar-refractivity contribution is -0.376. The lowest BCUT2D eigenvalue weighted by Crippen LogP contribution is -2.54.